The molecule has 122 valence electrons. The van der Waals surface area contributed by atoms with Crippen molar-refractivity contribution in [3.05, 3.63) is 66.4 Å². The predicted molar refractivity (Wildman–Crippen MR) is 94.3 cm³/mol. The van der Waals surface area contributed by atoms with E-state index in [2.05, 4.69) is 0 Å². The maximum atomic E-state index is 12.6. The molecule has 0 saturated carbocycles. The molecule has 0 fully saturated rings. The van der Waals surface area contributed by atoms with Gasteiger partial charge in [-0.15, -0.1) is 0 Å². The van der Waals surface area contributed by atoms with E-state index in [1.165, 1.54) is 0 Å². The Kier molecular flexibility index (Phi) is 4.24. The normalized spacial score (nSPS) is 10.4. The molecule has 0 bridgehead atoms. The van der Waals surface area contributed by atoms with Crippen LogP contribution in [0.1, 0.15) is 10.6 Å². The number of hydrogen-bond donors (Lipinski definition) is 1. The molecule has 0 aliphatic carbocycles. The number of nitrogens with two attached hydrogens (primary N) is 1. The van der Waals surface area contributed by atoms with Gasteiger partial charge in [-0.1, -0.05) is 18.2 Å². The van der Waals surface area contributed by atoms with Gasteiger partial charge in [0.05, 0.1) is 7.11 Å². The molecular formula is C19H18N2O3. The van der Waals surface area contributed by atoms with Crippen LogP contribution in [0.25, 0.3) is 11.3 Å². The monoisotopic (exact) mass is 322 g/mol. The molecule has 2 aromatic carbocycles. The summed E-state index contributed by atoms with van der Waals surface area (Å²) in [5.74, 6) is 1.24. The van der Waals surface area contributed by atoms with Crippen molar-refractivity contribution in [2.45, 2.75) is 0 Å². The third kappa shape index (κ3) is 2.96. The van der Waals surface area contributed by atoms with Crippen molar-refractivity contribution in [3.8, 4) is 17.1 Å². The number of para-hydroxylation sites is 1. The maximum Gasteiger partial charge on any atom is 0.293 e. The van der Waals surface area contributed by atoms with Crippen molar-refractivity contribution >= 4 is 17.3 Å². The number of nitrogen functional groups attached to an aromatic ring is 1. The number of ether oxygens (including phenoxy) is 1. The Hall–Kier alpha value is -3.21. The molecule has 24 heavy (non-hydrogen) atoms. The minimum Gasteiger partial charge on any atom is -0.497 e. The third-order valence-electron chi connectivity index (χ3n) is 3.79. The van der Waals surface area contributed by atoms with E-state index in [1.807, 2.05) is 36.4 Å². The number of rotatable bonds is 4. The van der Waals surface area contributed by atoms with E-state index in [1.54, 1.807) is 43.3 Å². The van der Waals surface area contributed by atoms with Gasteiger partial charge in [0.15, 0.2) is 5.76 Å². The van der Waals surface area contributed by atoms with Gasteiger partial charge in [0.1, 0.15) is 11.5 Å². The molecule has 2 N–H and O–H groups in total. The zero-order valence-corrected chi connectivity index (χ0v) is 13.5. The highest BCUT2D eigenvalue weighted by molar-refractivity contribution is 6.04. The number of nitrogens with zero attached hydrogens (tertiary/aromatic N) is 1. The first-order valence-corrected chi connectivity index (χ1v) is 7.47. The molecule has 3 rings (SSSR count). The van der Waals surface area contributed by atoms with Gasteiger partial charge in [-0.05, 0) is 36.4 Å². The molecule has 1 heterocycles. The highest BCUT2D eigenvalue weighted by Gasteiger charge is 2.18. The van der Waals surface area contributed by atoms with E-state index in [4.69, 9.17) is 14.9 Å². The fraction of sp³-hybridized carbons (Fsp3) is 0.105. The summed E-state index contributed by atoms with van der Waals surface area (Å²) in [6.07, 6.45) is 0. The molecular weight excluding hydrogens is 304 g/mol. The molecule has 0 aliphatic rings. The van der Waals surface area contributed by atoms with Crippen LogP contribution in [0.5, 0.6) is 5.75 Å². The van der Waals surface area contributed by atoms with Crippen LogP contribution in [0.3, 0.4) is 0 Å². The summed E-state index contributed by atoms with van der Waals surface area (Å²) in [5, 5.41) is 0. The van der Waals surface area contributed by atoms with Gasteiger partial charge in [0.25, 0.3) is 5.91 Å². The minimum absolute atomic E-state index is 0.223. The largest absolute Gasteiger partial charge is 0.497 e. The second kappa shape index (κ2) is 6.50. The molecule has 1 amide bonds. The molecule has 0 saturated heterocycles. The molecule has 0 atom stereocenters. The SMILES string of the molecule is COc1ccc(-c2ccc(C(=O)N(C)c3ccccc3)o2)c(N)c1. The van der Waals surface area contributed by atoms with Gasteiger partial charge < -0.3 is 19.8 Å². The lowest BCUT2D eigenvalue weighted by Gasteiger charge is -2.15. The molecule has 1 aromatic heterocycles. The van der Waals surface area contributed by atoms with E-state index < -0.39 is 0 Å². The van der Waals surface area contributed by atoms with Gasteiger partial charge >= 0.3 is 0 Å². The Labute approximate surface area is 140 Å². The number of carbonyl (C=O) groups is 1. The van der Waals surface area contributed by atoms with Gasteiger partial charge in [-0.25, -0.2) is 0 Å². The van der Waals surface area contributed by atoms with Crippen molar-refractivity contribution in [2.75, 3.05) is 24.8 Å². The number of furan rings is 1. The summed E-state index contributed by atoms with van der Waals surface area (Å²) >= 11 is 0. The van der Waals surface area contributed by atoms with Crippen LogP contribution in [0, 0.1) is 0 Å². The third-order valence-corrected chi connectivity index (χ3v) is 3.79. The number of carbonyl (C=O) groups excluding carboxylic acids is 1. The smallest absolute Gasteiger partial charge is 0.293 e. The first-order chi connectivity index (χ1) is 11.6. The van der Waals surface area contributed by atoms with Crippen molar-refractivity contribution in [3.63, 3.8) is 0 Å². The van der Waals surface area contributed by atoms with Crippen molar-refractivity contribution in [1.82, 2.24) is 0 Å². The number of hydrogen-bond acceptors (Lipinski definition) is 4. The molecule has 0 radical (unpaired) electrons. The fourth-order valence-corrected chi connectivity index (χ4v) is 2.42. The number of anilines is 2. The van der Waals surface area contributed by atoms with Crippen LogP contribution >= 0.6 is 0 Å². The first-order valence-electron chi connectivity index (χ1n) is 7.47. The average Bonchev–Trinajstić information content (AvgIpc) is 3.10. The molecule has 5 heteroatoms. The topological polar surface area (TPSA) is 68.7 Å². The van der Waals surface area contributed by atoms with Crippen molar-refractivity contribution in [2.24, 2.45) is 0 Å². The summed E-state index contributed by atoms with van der Waals surface area (Å²) in [7, 11) is 3.29. The second-order valence-corrected chi connectivity index (χ2v) is 5.32. The average molecular weight is 322 g/mol. The highest BCUT2D eigenvalue weighted by Crippen LogP contribution is 2.31. The molecule has 0 aliphatic heterocycles. The van der Waals surface area contributed by atoms with Crippen LogP contribution in [0.2, 0.25) is 0 Å². The Balaban J connectivity index is 1.87. The molecule has 3 aromatic rings. The summed E-state index contributed by atoms with van der Waals surface area (Å²) in [4.78, 5) is 14.1. The number of amides is 1. The zero-order chi connectivity index (χ0) is 17.1. The van der Waals surface area contributed by atoms with E-state index in [9.17, 15) is 4.79 Å². The maximum absolute atomic E-state index is 12.6. The molecule has 0 unspecified atom stereocenters. The van der Waals surface area contributed by atoms with E-state index in [-0.39, 0.29) is 11.7 Å². The van der Waals surface area contributed by atoms with Crippen LogP contribution in [-0.4, -0.2) is 20.1 Å². The Morgan fingerprint density at radius 1 is 1.08 bits per heavy atom. The lowest BCUT2D eigenvalue weighted by atomic mass is 10.1. The van der Waals surface area contributed by atoms with Gasteiger partial charge in [0.2, 0.25) is 0 Å². The first kappa shape index (κ1) is 15.7. The number of benzene rings is 2. The van der Waals surface area contributed by atoms with Crippen LogP contribution in [0.15, 0.2) is 65.1 Å². The van der Waals surface area contributed by atoms with Gasteiger partial charge in [-0.3, -0.25) is 4.79 Å². The van der Waals surface area contributed by atoms with Crippen LogP contribution in [0.4, 0.5) is 11.4 Å². The predicted octanol–water partition coefficient (Wildman–Crippen LogP) is 3.81. The zero-order valence-electron chi connectivity index (χ0n) is 13.5. The standard InChI is InChI=1S/C19H18N2O3/c1-21(13-6-4-3-5-7-13)19(22)18-11-10-17(24-18)15-9-8-14(23-2)12-16(15)20/h3-12H,20H2,1-2H3. The Morgan fingerprint density at radius 2 is 1.83 bits per heavy atom. The lowest BCUT2D eigenvalue weighted by Crippen LogP contribution is -2.25. The van der Waals surface area contributed by atoms with Crippen molar-refractivity contribution in [1.29, 1.82) is 0 Å². The van der Waals surface area contributed by atoms with Gasteiger partial charge in [-0.2, -0.15) is 0 Å². The fourth-order valence-electron chi connectivity index (χ4n) is 2.42. The Morgan fingerprint density at radius 3 is 2.50 bits per heavy atom. The van der Waals surface area contributed by atoms with Crippen LogP contribution < -0.4 is 15.4 Å². The van der Waals surface area contributed by atoms with E-state index >= 15 is 0 Å². The summed E-state index contributed by atoms with van der Waals surface area (Å²) in [5.41, 5.74) is 8.07. The highest BCUT2D eigenvalue weighted by atomic mass is 16.5. The summed E-state index contributed by atoms with van der Waals surface area (Å²) < 4.78 is 10.9. The molecule has 0 spiro atoms. The lowest BCUT2D eigenvalue weighted by molar-refractivity contribution is 0.0967. The van der Waals surface area contributed by atoms with Crippen LogP contribution in [-0.2, 0) is 0 Å². The number of methoxy groups -OCH3 is 1. The summed E-state index contributed by atoms with van der Waals surface area (Å²) in [6, 6.07) is 18.1. The molecule has 5 nitrogen and oxygen atoms in total. The van der Waals surface area contributed by atoms with E-state index in [0.29, 0.717) is 17.2 Å². The Bertz CT molecular complexity index is 856. The minimum atomic E-state index is -0.223. The van der Waals surface area contributed by atoms with Crippen molar-refractivity contribution < 1.29 is 13.9 Å². The second-order valence-electron chi connectivity index (χ2n) is 5.32. The summed E-state index contributed by atoms with van der Waals surface area (Å²) in [6.45, 7) is 0. The van der Waals surface area contributed by atoms with E-state index in [0.717, 1.165) is 11.3 Å². The van der Waals surface area contributed by atoms with Gasteiger partial charge in [0, 0.05) is 30.1 Å². The quantitative estimate of drug-likeness (QED) is 0.742.